The van der Waals surface area contributed by atoms with Crippen LogP contribution in [0.5, 0.6) is 5.75 Å². The number of hydrogen-bond acceptors (Lipinski definition) is 3. The molecule has 0 saturated heterocycles. The zero-order valence-electron chi connectivity index (χ0n) is 9.35. The number of carboxylic acids is 1. The van der Waals surface area contributed by atoms with Gasteiger partial charge in [0.05, 0.1) is 18.2 Å². The smallest absolute Gasteiger partial charge is 0.335 e. The van der Waals surface area contributed by atoms with E-state index in [2.05, 4.69) is 6.07 Å². The number of nitriles is 1. The highest BCUT2D eigenvalue weighted by molar-refractivity contribution is 5.87. The van der Waals surface area contributed by atoms with Crippen molar-refractivity contribution in [2.45, 2.75) is 19.3 Å². The van der Waals surface area contributed by atoms with Gasteiger partial charge in [-0.1, -0.05) is 0 Å². The van der Waals surface area contributed by atoms with Crippen LogP contribution in [0.15, 0.2) is 24.3 Å². The van der Waals surface area contributed by atoms with Crippen LogP contribution in [-0.2, 0) is 0 Å². The van der Waals surface area contributed by atoms with Gasteiger partial charge in [0.2, 0.25) is 0 Å². The van der Waals surface area contributed by atoms with Crippen molar-refractivity contribution in [1.82, 2.24) is 0 Å². The molecule has 17 heavy (non-hydrogen) atoms. The molecule has 88 valence electrons. The van der Waals surface area contributed by atoms with E-state index in [1.807, 2.05) is 0 Å². The fraction of sp³-hybridized carbons (Fsp3) is 0.385. The third-order valence-corrected chi connectivity index (χ3v) is 3.06. The molecule has 4 heteroatoms. The lowest BCUT2D eigenvalue weighted by Crippen LogP contribution is -2.12. The van der Waals surface area contributed by atoms with Crippen molar-refractivity contribution in [2.24, 2.45) is 5.41 Å². The second kappa shape index (κ2) is 4.46. The van der Waals surface area contributed by atoms with Crippen LogP contribution in [0.3, 0.4) is 0 Å². The van der Waals surface area contributed by atoms with Crippen LogP contribution >= 0.6 is 0 Å². The SMILES string of the molecule is N#CCC1(COc2ccc(C(=O)O)cc2)CC1. The van der Waals surface area contributed by atoms with Crippen molar-refractivity contribution in [2.75, 3.05) is 6.61 Å². The number of nitrogens with zero attached hydrogens (tertiary/aromatic N) is 1. The molecule has 1 aromatic rings. The van der Waals surface area contributed by atoms with E-state index in [9.17, 15) is 4.79 Å². The highest BCUT2D eigenvalue weighted by Crippen LogP contribution is 2.48. The quantitative estimate of drug-likeness (QED) is 0.845. The summed E-state index contributed by atoms with van der Waals surface area (Å²) < 4.78 is 5.58. The molecule has 1 fully saturated rings. The van der Waals surface area contributed by atoms with Gasteiger partial charge in [-0.3, -0.25) is 0 Å². The van der Waals surface area contributed by atoms with Gasteiger partial charge in [0.25, 0.3) is 0 Å². The Morgan fingerprint density at radius 1 is 1.41 bits per heavy atom. The Balaban J connectivity index is 1.92. The fourth-order valence-corrected chi connectivity index (χ4v) is 1.65. The van der Waals surface area contributed by atoms with Crippen molar-refractivity contribution in [3.63, 3.8) is 0 Å². The van der Waals surface area contributed by atoms with Gasteiger partial charge in [-0.05, 0) is 37.1 Å². The van der Waals surface area contributed by atoms with Crippen LogP contribution < -0.4 is 4.74 Å². The van der Waals surface area contributed by atoms with Crippen molar-refractivity contribution in [3.8, 4) is 11.8 Å². The molecule has 0 spiro atoms. The van der Waals surface area contributed by atoms with Crippen LogP contribution in [-0.4, -0.2) is 17.7 Å². The molecule has 2 rings (SSSR count). The van der Waals surface area contributed by atoms with Gasteiger partial charge in [0, 0.05) is 11.8 Å². The number of ether oxygens (including phenoxy) is 1. The summed E-state index contributed by atoms with van der Waals surface area (Å²) >= 11 is 0. The molecule has 0 atom stereocenters. The maximum Gasteiger partial charge on any atom is 0.335 e. The average Bonchev–Trinajstić information content (AvgIpc) is 3.08. The van der Waals surface area contributed by atoms with Crippen LogP contribution in [0, 0.1) is 16.7 Å². The molecule has 4 nitrogen and oxygen atoms in total. The first kappa shape index (κ1) is 11.5. The van der Waals surface area contributed by atoms with Gasteiger partial charge in [-0.25, -0.2) is 4.79 Å². The van der Waals surface area contributed by atoms with E-state index in [1.165, 1.54) is 12.1 Å². The third kappa shape index (κ3) is 2.76. The monoisotopic (exact) mass is 231 g/mol. The normalized spacial score (nSPS) is 15.9. The first-order valence-electron chi connectivity index (χ1n) is 5.48. The molecule has 1 N–H and O–H groups in total. The predicted octanol–water partition coefficient (Wildman–Crippen LogP) is 2.46. The molecule has 0 aromatic heterocycles. The molecule has 0 radical (unpaired) electrons. The zero-order valence-corrected chi connectivity index (χ0v) is 9.35. The zero-order chi connectivity index (χ0) is 12.3. The molecule has 0 amide bonds. The Morgan fingerprint density at radius 3 is 2.53 bits per heavy atom. The number of rotatable bonds is 5. The largest absolute Gasteiger partial charge is 0.493 e. The van der Waals surface area contributed by atoms with Crippen LogP contribution in [0.1, 0.15) is 29.6 Å². The number of benzene rings is 1. The summed E-state index contributed by atoms with van der Waals surface area (Å²) in [5.74, 6) is -0.293. The van der Waals surface area contributed by atoms with E-state index in [1.54, 1.807) is 12.1 Å². The highest BCUT2D eigenvalue weighted by atomic mass is 16.5. The van der Waals surface area contributed by atoms with Crippen molar-refractivity contribution >= 4 is 5.97 Å². The summed E-state index contributed by atoms with van der Waals surface area (Å²) in [7, 11) is 0. The van der Waals surface area contributed by atoms with Crippen molar-refractivity contribution in [1.29, 1.82) is 5.26 Å². The molecule has 1 aromatic carbocycles. The summed E-state index contributed by atoms with van der Waals surface area (Å²) in [5, 5.41) is 17.4. The molecule has 1 aliphatic rings. The summed E-state index contributed by atoms with van der Waals surface area (Å²) in [6.07, 6.45) is 2.60. The fourth-order valence-electron chi connectivity index (χ4n) is 1.65. The lowest BCUT2D eigenvalue weighted by atomic mass is 10.1. The molecule has 0 heterocycles. The first-order valence-corrected chi connectivity index (χ1v) is 5.48. The molecule has 0 aliphatic heterocycles. The topological polar surface area (TPSA) is 70.3 Å². The Kier molecular flexibility index (Phi) is 3.01. The molecular formula is C13H13NO3. The van der Waals surface area contributed by atoms with E-state index in [4.69, 9.17) is 15.1 Å². The molecular weight excluding hydrogens is 218 g/mol. The predicted molar refractivity (Wildman–Crippen MR) is 60.8 cm³/mol. The summed E-state index contributed by atoms with van der Waals surface area (Å²) in [4.78, 5) is 10.6. The average molecular weight is 231 g/mol. The van der Waals surface area contributed by atoms with Gasteiger partial charge in [-0.15, -0.1) is 0 Å². The minimum absolute atomic E-state index is 0.0419. The first-order chi connectivity index (χ1) is 8.15. The third-order valence-electron chi connectivity index (χ3n) is 3.06. The van der Waals surface area contributed by atoms with Crippen molar-refractivity contribution in [3.05, 3.63) is 29.8 Å². The minimum atomic E-state index is -0.945. The molecule has 0 bridgehead atoms. The van der Waals surface area contributed by atoms with Gasteiger partial charge in [0.1, 0.15) is 5.75 Å². The number of carboxylic acid groups (broad SMARTS) is 1. The summed E-state index contributed by atoms with van der Waals surface area (Å²) in [6, 6.07) is 8.49. The lowest BCUT2D eigenvalue weighted by Gasteiger charge is -2.12. The van der Waals surface area contributed by atoms with Crippen LogP contribution in [0.4, 0.5) is 0 Å². The second-order valence-electron chi connectivity index (χ2n) is 4.45. The van der Waals surface area contributed by atoms with E-state index in [0.29, 0.717) is 18.8 Å². The van der Waals surface area contributed by atoms with Crippen LogP contribution in [0.25, 0.3) is 0 Å². The summed E-state index contributed by atoms with van der Waals surface area (Å²) in [5.41, 5.74) is 0.288. The maximum atomic E-state index is 10.6. The van der Waals surface area contributed by atoms with E-state index in [-0.39, 0.29) is 11.0 Å². The Bertz CT molecular complexity index is 455. The second-order valence-corrected chi connectivity index (χ2v) is 4.45. The molecule has 1 aliphatic carbocycles. The van der Waals surface area contributed by atoms with Gasteiger partial charge < -0.3 is 9.84 Å². The van der Waals surface area contributed by atoms with Gasteiger partial charge >= 0.3 is 5.97 Å². The Hall–Kier alpha value is -2.02. The van der Waals surface area contributed by atoms with Gasteiger partial charge in [0.15, 0.2) is 0 Å². The highest BCUT2D eigenvalue weighted by Gasteiger charge is 2.43. The van der Waals surface area contributed by atoms with Crippen molar-refractivity contribution < 1.29 is 14.6 Å². The lowest BCUT2D eigenvalue weighted by molar-refractivity contribution is 0.0697. The van der Waals surface area contributed by atoms with E-state index >= 15 is 0 Å². The summed E-state index contributed by atoms with van der Waals surface area (Å²) in [6.45, 7) is 0.535. The molecule has 0 unspecified atom stereocenters. The van der Waals surface area contributed by atoms with Crippen LogP contribution in [0.2, 0.25) is 0 Å². The van der Waals surface area contributed by atoms with E-state index < -0.39 is 5.97 Å². The Morgan fingerprint density at radius 2 is 2.06 bits per heavy atom. The van der Waals surface area contributed by atoms with Gasteiger partial charge in [-0.2, -0.15) is 5.26 Å². The van der Waals surface area contributed by atoms with E-state index in [0.717, 1.165) is 12.8 Å². The standard InChI is InChI=1S/C13H13NO3/c14-8-7-13(5-6-13)9-17-11-3-1-10(2-4-11)12(15)16/h1-4H,5-7,9H2,(H,15,16). The Labute approximate surface area is 99.4 Å². The minimum Gasteiger partial charge on any atom is -0.493 e. The number of hydrogen-bond donors (Lipinski definition) is 1. The number of aromatic carboxylic acids is 1. The maximum absolute atomic E-state index is 10.6. The number of carbonyl (C=O) groups is 1. The molecule has 1 saturated carbocycles.